The summed E-state index contributed by atoms with van der Waals surface area (Å²) in [6, 6.07) is 2.33. The van der Waals surface area contributed by atoms with E-state index in [1.165, 1.54) is 5.57 Å². The van der Waals surface area contributed by atoms with Crippen molar-refractivity contribution in [3.63, 3.8) is 0 Å². The maximum atomic E-state index is 11.4. The molecule has 0 amide bonds. The summed E-state index contributed by atoms with van der Waals surface area (Å²) in [4.78, 5) is 14.2. The monoisotopic (exact) mass is 244 g/mol. The molecule has 1 aliphatic rings. The molecular formula is C15H20N2O. The Morgan fingerprint density at radius 2 is 2.11 bits per heavy atom. The Bertz CT molecular complexity index is 552. The van der Waals surface area contributed by atoms with Crippen LogP contribution in [-0.2, 0) is 0 Å². The number of hydrogen-bond acceptors (Lipinski definition) is 2. The number of hydrogen-bond donors (Lipinski definition) is 2. The molecule has 0 aromatic carbocycles. The van der Waals surface area contributed by atoms with Crippen LogP contribution in [0.15, 0.2) is 34.8 Å². The van der Waals surface area contributed by atoms with E-state index in [1.54, 1.807) is 6.20 Å². The summed E-state index contributed by atoms with van der Waals surface area (Å²) in [6.45, 7) is 6.10. The Morgan fingerprint density at radius 1 is 1.33 bits per heavy atom. The van der Waals surface area contributed by atoms with Gasteiger partial charge in [0.05, 0.1) is 0 Å². The smallest absolute Gasteiger partial charge is 0.250 e. The lowest BCUT2D eigenvalue weighted by molar-refractivity contribution is 0.629. The number of rotatable bonds is 3. The molecule has 2 heterocycles. The first-order chi connectivity index (χ1) is 8.61. The fourth-order valence-electron chi connectivity index (χ4n) is 2.22. The van der Waals surface area contributed by atoms with Crippen LogP contribution in [0.1, 0.15) is 37.8 Å². The van der Waals surface area contributed by atoms with Crippen LogP contribution < -0.4 is 10.9 Å². The number of dihydropyridines is 1. The standard InChI is InChI=1S/C15H20N2O/c1-4-5-13-7-6-10(2)14(17-13)12-8-11(3)15(18)16-9-12/h6-9,13,17H,4-5H2,1-3H3,(H,16,18). The van der Waals surface area contributed by atoms with Gasteiger partial charge in [-0.3, -0.25) is 4.79 Å². The number of H-pyrrole nitrogens is 1. The molecule has 1 unspecified atom stereocenters. The molecule has 2 rings (SSSR count). The van der Waals surface area contributed by atoms with Gasteiger partial charge in [-0.15, -0.1) is 0 Å². The van der Waals surface area contributed by atoms with E-state index < -0.39 is 0 Å². The van der Waals surface area contributed by atoms with Crippen LogP contribution >= 0.6 is 0 Å². The van der Waals surface area contributed by atoms with Crippen LogP contribution in [0.4, 0.5) is 0 Å². The predicted molar refractivity (Wildman–Crippen MR) is 75.4 cm³/mol. The largest absolute Gasteiger partial charge is 0.378 e. The maximum absolute atomic E-state index is 11.4. The number of pyridine rings is 1. The van der Waals surface area contributed by atoms with Gasteiger partial charge in [-0.05, 0) is 31.9 Å². The first kappa shape index (κ1) is 12.7. The highest BCUT2D eigenvalue weighted by Gasteiger charge is 2.14. The highest BCUT2D eigenvalue weighted by molar-refractivity contribution is 5.70. The lowest BCUT2D eigenvalue weighted by atomic mass is 10.00. The predicted octanol–water partition coefficient (Wildman–Crippen LogP) is 2.74. The molecule has 2 N–H and O–H groups in total. The van der Waals surface area contributed by atoms with E-state index in [0.29, 0.717) is 6.04 Å². The van der Waals surface area contributed by atoms with Crippen molar-refractivity contribution >= 4 is 5.70 Å². The zero-order valence-electron chi connectivity index (χ0n) is 11.2. The molecule has 0 saturated heterocycles. The van der Waals surface area contributed by atoms with Gasteiger partial charge < -0.3 is 10.3 Å². The SMILES string of the molecule is CCCC1C=CC(C)=C(c2c[nH]c(=O)c(C)c2)N1. The minimum absolute atomic E-state index is 0.0199. The summed E-state index contributed by atoms with van der Waals surface area (Å²) in [6.07, 6.45) is 8.42. The van der Waals surface area contributed by atoms with E-state index in [0.717, 1.165) is 29.7 Å². The zero-order chi connectivity index (χ0) is 13.1. The van der Waals surface area contributed by atoms with Crippen LogP contribution in [0.5, 0.6) is 0 Å². The zero-order valence-corrected chi connectivity index (χ0v) is 11.2. The van der Waals surface area contributed by atoms with Crippen LogP contribution in [0.25, 0.3) is 5.70 Å². The molecule has 18 heavy (non-hydrogen) atoms. The van der Waals surface area contributed by atoms with Gasteiger partial charge >= 0.3 is 0 Å². The van der Waals surface area contributed by atoms with Crippen molar-refractivity contribution in [2.75, 3.05) is 0 Å². The Kier molecular flexibility index (Phi) is 3.70. The van der Waals surface area contributed by atoms with Gasteiger partial charge in [-0.25, -0.2) is 0 Å². The van der Waals surface area contributed by atoms with Crippen molar-refractivity contribution < 1.29 is 0 Å². The average Bonchev–Trinajstić information content (AvgIpc) is 2.35. The van der Waals surface area contributed by atoms with Crippen molar-refractivity contribution in [2.45, 2.75) is 39.7 Å². The number of aryl methyl sites for hydroxylation is 1. The van der Waals surface area contributed by atoms with Gasteiger partial charge in [0.25, 0.3) is 5.56 Å². The molecule has 3 heteroatoms. The van der Waals surface area contributed by atoms with Gasteiger partial charge in [-0.1, -0.05) is 25.5 Å². The molecule has 0 spiro atoms. The third-order valence-electron chi connectivity index (χ3n) is 3.28. The minimum Gasteiger partial charge on any atom is -0.378 e. The maximum Gasteiger partial charge on any atom is 0.250 e. The van der Waals surface area contributed by atoms with E-state index in [4.69, 9.17) is 0 Å². The summed E-state index contributed by atoms with van der Waals surface area (Å²) >= 11 is 0. The normalized spacial score (nSPS) is 18.9. The lowest BCUT2D eigenvalue weighted by Crippen LogP contribution is -2.29. The molecule has 0 saturated carbocycles. The van der Waals surface area contributed by atoms with Crippen LogP contribution in [0.2, 0.25) is 0 Å². The second-order valence-electron chi connectivity index (χ2n) is 4.86. The number of nitrogens with one attached hydrogen (secondary N) is 2. The second kappa shape index (κ2) is 5.25. The first-order valence-electron chi connectivity index (χ1n) is 6.47. The van der Waals surface area contributed by atoms with Gasteiger partial charge in [0.1, 0.15) is 0 Å². The highest BCUT2D eigenvalue weighted by Crippen LogP contribution is 2.22. The van der Waals surface area contributed by atoms with Crippen LogP contribution in [-0.4, -0.2) is 11.0 Å². The van der Waals surface area contributed by atoms with Crippen molar-refractivity contribution in [3.8, 4) is 0 Å². The summed E-state index contributed by atoms with van der Waals surface area (Å²) in [5, 5.41) is 3.54. The fourth-order valence-corrected chi connectivity index (χ4v) is 2.22. The number of aromatic nitrogens is 1. The Hall–Kier alpha value is -1.77. The number of allylic oxidation sites excluding steroid dienone is 2. The third kappa shape index (κ3) is 2.55. The van der Waals surface area contributed by atoms with E-state index >= 15 is 0 Å². The lowest BCUT2D eigenvalue weighted by Gasteiger charge is -2.24. The molecule has 0 fully saturated rings. The first-order valence-corrected chi connectivity index (χ1v) is 6.47. The molecule has 0 bridgehead atoms. The van der Waals surface area contributed by atoms with Crippen molar-refractivity contribution in [1.29, 1.82) is 0 Å². The van der Waals surface area contributed by atoms with Gasteiger partial charge in [0, 0.05) is 29.1 Å². The van der Waals surface area contributed by atoms with Crippen molar-refractivity contribution in [3.05, 3.63) is 51.5 Å². The van der Waals surface area contributed by atoms with E-state index in [1.807, 2.05) is 13.0 Å². The summed E-state index contributed by atoms with van der Waals surface area (Å²) < 4.78 is 0. The van der Waals surface area contributed by atoms with E-state index in [9.17, 15) is 4.79 Å². The Balaban J connectivity index is 2.33. The Morgan fingerprint density at radius 3 is 2.78 bits per heavy atom. The molecule has 0 aliphatic carbocycles. The minimum atomic E-state index is -0.0199. The molecule has 0 radical (unpaired) electrons. The van der Waals surface area contributed by atoms with Crippen molar-refractivity contribution in [1.82, 2.24) is 10.3 Å². The van der Waals surface area contributed by atoms with Crippen LogP contribution in [0.3, 0.4) is 0 Å². The van der Waals surface area contributed by atoms with E-state index in [-0.39, 0.29) is 5.56 Å². The average molecular weight is 244 g/mol. The summed E-state index contributed by atoms with van der Waals surface area (Å²) in [5.74, 6) is 0. The molecular weight excluding hydrogens is 224 g/mol. The summed E-state index contributed by atoms with van der Waals surface area (Å²) in [7, 11) is 0. The van der Waals surface area contributed by atoms with Crippen LogP contribution in [0, 0.1) is 6.92 Å². The van der Waals surface area contributed by atoms with Gasteiger partial charge in [0.2, 0.25) is 0 Å². The molecule has 1 aliphatic heterocycles. The topological polar surface area (TPSA) is 44.9 Å². The second-order valence-corrected chi connectivity index (χ2v) is 4.86. The van der Waals surface area contributed by atoms with Gasteiger partial charge in [-0.2, -0.15) is 0 Å². The molecule has 1 atom stereocenters. The molecule has 1 aromatic heterocycles. The molecule has 96 valence electrons. The fraction of sp³-hybridized carbons (Fsp3) is 0.400. The summed E-state index contributed by atoms with van der Waals surface area (Å²) in [5.41, 5.74) is 4.10. The molecule has 3 nitrogen and oxygen atoms in total. The highest BCUT2D eigenvalue weighted by atomic mass is 16.1. The third-order valence-corrected chi connectivity index (χ3v) is 3.28. The molecule has 1 aromatic rings. The van der Waals surface area contributed by atoms with Crippen molar-refractivity contribution in [2.24, 2.45) is 0 Å². The van der Waals surface area contributed by atoms with E-state index in [2.05, 4.69) is 36.3 Å². The quantitative estimate of drug-likeness (QED) is 0.858. The van der Waals surface area contributed by atoms with Gasteiger partial charge in [0.15, 0.2) is 0 Å². The Labute approximate surface area is 108 Å². The number of aromatic amines is 1.